The molecule has 1 saturated heterocycles. The van der Waals surface area contributed by atoms with E-state index in [0.717, 1.165) is 23.0 Å². The summed E-state index contributed by atoms with van der Waals surface area (Å²) >= 11 is 0. The van der Waals surface area contributed by atoms with Gasteiger partial charge in [0.25, 0.3) is 0 Å². The minimum Gasteiger partial charge on any atom is -0.378 e. The van der Waals surface area contributed by atoms with E-state index in [1.807, 2.05) is 49.9 Å². The number of anilines is 3. The molecule has 0 bridgehead atoms. The van der Waals surface area contributed by atoms with Gasteiger partial charge in [-0.2, -0.15) is 10.2 Å². The minimum absolute atomic E-state index is 0.142. The lowest BCUT2D eigenvalue weighted by molar-refractivity contribution is -0.140. The van der Waals surface area contributed by atoms with E-state index in [0.29, 0.717) is 23.3 Å². The Labute approximate surface area is 207 Å². The van der Waals surface area contributed by atoms with Crippen LogP contribution in [0.2, 0.25) is 0 Å². The number of rotatable bonds is 8. The van der Waals surface area contributed by atoms with Crippen molar-refractivity contribution in [1.82, 2.24) is 29.9 Å². The zero-order valence-electron chi connectivity index (χ0n) is 20.2. The molecule has 11 heteroatoms. The molecule has 0 aliphatic carbocycles. The second-order valence-corrected chi connectivity index (χ2v) is 9.42. The summed E-state index contributed by atoms with van der Waals surface area (Å²) in [7, 11) is 0. The molecule has 5 heterocycles. The first-order valence-corrected chi connectivity index (χ1v) is 11.6. The van der Waals surface area contributed by atoms with Gasteiger partial charge in [0.05, 0.1) is 25.5 Å². The number of aromatic amines is 1. The highest BCUT2D eigenvalue weighted by Gasteiger charge is 2.48. The number of H-pyrrole nitrogens is 1. The van der Waals surface area contributed by atoms with E-state index < -0.39 is 11.4 Å². The fourth-order valence-electron chi connectivity index (χ4n) is 4.25. The van der Waals surface area contributed by atoms with Crippen molar-refractivity contribution in [2.45, 2.75) is 38.7 Å². The number of halogens is 1. The lowest BCUT2D eigenvalue weighted by Crippen LogP contribution is -2.66. The highest BCUT2D eigenvalue weighted by atomic mass is 19.1. The molecule has 0 amide bonds. The Morgan fingerprint density at radius 2 is 2.00 bits per heavy atom. The van der Waals surface area contributed by atoms with Crippen LogP contribution in [0, 0.1) is 19.7 Å². The van der Waals surface area contributed by atoms with Gasteiger partial charge in [0, 0.05) is 24.4 Å². The van der Waals surface area contributed by atoms with E-state index >= 15 is 0 Å². The molecular formula is C25H27FN8O2. The van der Waals surface area contributed by atoms with Crippen LogP contribution in [0.3, 0.4) is 0 Å². The average Bonchev–Trinajstić information content (AvgIpc) is 3.44. The fourth-order valence-corrected chi connectivity index (χ4v) is 4.25. The van der Waals surface area contributed by atoms with Crippen molar-refractivity contribution in [3.8, 4) is 5.82 Å². The molecule has 186 valence electrons. The van der Waals surface area contributed by atoms with Crippen molar-refractivity contribution in [1.29, 1.82) is 0 Å². The highest BCUT2D eigenvalue weighted by Crippen LogP contribution is 2.32. The van der Waals surface area contributed by atoms with Crippen LogP contribution in [-0.2, 0) is 4.79 Å². The largest absolute Gasteiger partial charge is 0.378 e. The van der Waals surface area contributed by atoms with Crippen LogP contribution in [0.25, 0.3) is 5.82 Å². The third kappa shape index (κ3) is 4.82. The van der Waals surface area contributed by atoms with Gasteiger partial charge in [-0.25, -0.2) is 19.0 Å². The third-order valence-electron chi connectivity index (χ3n) is 6.28. The fraction of sp³-hybridized carbons (Fsp3) is 0.320. The molecule has 0 aromatic carbocycles. The molecule has 1 aliphatic rings. The molecule has 0 spiro atoms. The molecule has 5 rings (SSSR count). The summed E-state index contributed by atoms with van der Waals surface area (Å²) in [6.45, 7) is 6.16. The molecule has 0 unspecified atom stereocenters. The van der Waals surface area contributed by atoms with Crippen LogP contribution in [0.1, 0.15) is 36.1 Å². The minimum atomic E-state index is -1.42. The van der Waals surface area contributed by atoms with E-state index in [9.17, 15) is 14.3 Å². The molecule has 36 heavy (non-hydrogen) atoms. The van der Waals surface area contributed by atoms with Crippen LogP contribution in [0.4, 0.5) is 21.8 Å². The van der Waals surface area contributed by atoms with E-state index in [2.05, 4.69) is 30.6 Å². The Balaban J connectivity index is 1.20. The van der Waals surface area contributed by atoms with Gasteiger partial charge in [-0.15, -0.1) is 0 Å². The molecule has 10 nitrogen and oxygen atoms in total. The number of nitrogens with one attached hydrogen (secondary N) is 2. The third-order valence-corrected chi connectivity index (χ3v) is 6.28. The van der Waals surface area contributed by atoms with Crippen molar-refractivity contribution < 1.29 is 14.3 Å². The molecule has 1 aliphatic heterocycles. The number of pyridine rings is 2. The standard InChI is InChI=1S/C25H27FN8O2/c1-15-6-21(29-22-9-17(3)31-32-22)30-24(7-15)33-13-25(36,14-33)20(35)8-16(2)18-4-5-23(27-10-18)34-12-19(26)11-28-34/h4-7,9-12,16,36H,8,13-14H2,1-3H3,(H2,29,30,31,32)/t16-/m1/s1. The van der Waals surface area contributed by atoms with Gasteiger partial charge in [-0.05, 0) is 49.1 Å². The first-order valence-electron chi connectivity index (χ1n) is 11.6. The number of nitrogens with zero attached hydrogens (tertiary/aromatic N) is 6. The Bertz CT molecular complexity index is 1390. The van der Waals surface area contributed by atoms with Crippen molar-refractivity contribution in [2.24, 2.45) is 0 Å². The Hall–Kier alpha value is -4.12. The zero-order valence-corrected chi connectivity index (χ0v) is 20.2. The lowest BCUT2D eigenvalue weighted by Gasteiger charge is -2.46. The van der Waals surface area contributed by atoms with Gasteiger partial charge in [0.15, 0.2) is 28.8 Å². The van der Waals surface area contributed by atoms with Crippen LogP contribution >= 0.6 is 0 Å². The van der Waals surface area contributed by atoms with Crippen LogP contribution in [0.5, 0.6) is 0 Å². The lowest BCUT2D eigenvalue weighted by atomic mass is 9.83. The number of β-amino-alcohol motifs (C(OH)–C–C–N with tert-alkyl or cyclic N) is 1. The van der Waals surface area contributed by atoms with Crippen molar-refractivity contribution in [3.63, 3.8) is 0 Å². The maximum Gasteiger partial charge on any atom is 0.168 e. The number of aryl methyl sites for hydroxylation is 2. The quantitative estimate of drug-likeness (QED) is 0.344. The number of carbonyl (C=O) groups is 1. The summed E-state index contributed by atoms with van der Waals surface area (Å²) in [5.41, 5.74) is 1.36. The molecule has 0 saturated carbocycles. The number of Topliss-reactive ketones (excluding diaryl/α,β-unsaturated/α-hetero) is 1. The second-order valence-electron chi connectivity index (χ2n) is 9.42. The first kappa shape index (κ1) is 23.6. The van der Waals surface area contributed by atoms with Gasteiger partial charge >= 0.3 is 0 Å². The number of carbonyl (C=O) groups excluding carboxylic acids is 1. The zero-order chi connectivity index (χ0) is 25.4. The van der Waals surface area contributed by atoms with E-state index in [-0.39, 0.29) is 31.2 Å². The monoisotopic (exact) mass is 490 g/mol. The molecule has 4 aromatic heterocycles. The summed E-state index contributed by atoms with van der Waals surface area (Å²) in [6, 6.07) is 9.28. The van der Waals surface area contributed by atoms with Crippen molar-refractivity contribution >= 4 is 23.2 Å². The van der Waals surface area contributed by atoms with Crippen LogP contribution < -0.4 is 10.2 Å². The number of ketones is 1. The smallest absolute Gasteiger partial charge is 0.168 e. The summed E-state index contributed by atoms with van der Waals surface area (Å²) in [5, 5.41) is 25.1. The molecule has 1 atom stereocenters. The van der Waals surface area contributed by atoms with Gasteiger partial charge in [0.1, 0.15) is 11.6 Å². The molecule has 3 N–H and O–H groups in total. The van der Waals surface area contributed by atoms with Crippen molar-refractivity contribution in [3.05, 3.63) is 71.6 Å². The molecule has 4 aromatic rings. The molecular weight excluding hydrogens is 463 g/mol. The number of aromatic nitrogens is 6. The van der Waals surface area contributed by atoms with E-state index in [4.69, 9.17) is 0 Å². The maximum absolute atomic E-state index is 13.2. The summed E-state index contributed by atoms with van der Waals surface area (Å²) < 4.78 is 14.5. The van der Waals surface area contributed by atoms with E-state index in [1.54, 1.807) is 12.3 Å². The first-order chi connectivity index (χ1) is 17.2. The molecule has 1 fully saturated rings. The predicted molar refractivity (Wildman–Crippen MR) is 132 cm³/mol. The average molecular weight is 491 g/mol. The summed E-state index contributed by atoms with van der Waals surface area (Å²) in [6.07, 6.45) is 4.18. The number of hydrogen-bond donors (Lipinski definition) is 3. The van der Waals surface area contributed by atoms with E-state index in [1.165, 1.54) is 10.9 Å². The number of aliphatic hydroxyl groups is 1. The highest BCUT2D eigenvalue weighted by molar-refractivity contribution is 5.91. The normalized spacial score (nSPS) is 15.4. The van der Waals surface area contributed by atoms with Gasteiger partial charge in [0.2, 0.25) is 0 Å². The van der Waals surface area contributed by atoms with Gasteiger partial charge in [-0.3, -0.25) is 9.89 Å². The maximum atomic E-state index is 13.2. The summed E-state index contributed by atoms with van der Waals surface area (Å²) in [4.78, 5) is 23.8. The second kappa shape index (κ2) is 9.15. The van der Waals surface area contributed by atoms with Crippen LogP contribution in [0.15, 0.2) is 48.9 Å². The topological polar surface area (TPSA) is 125 Å². The SMILES string of the molecule is Cc1cc(Nc2cc(C)[nH]n2)nc(N2CC(O)(C(=O)C[C@@H](C)c3ccc(-n4cc(F)cn4)nc3)C2)c1. The Morgan fingerprint density at radius 1 is 1.19 bits per heavy atom. The predicted octanol–water partition coefficient (Wildman–Crippen LogP) is 3.20. The van der Waals surface area contributed by atoms with Gasteiger partial charge in [-0.1, -0.05) is 13.0 Å². The summed E-state index contributed by atoms with van der Waals surface area (Å²) in [5.74, 6) is 1.67. The Kier molecular flexibility index (Phi) is 6.00. The van der Waals surface area contributed by atoms with Crippen molar-refractivity contribution in [2.75, 3.05) is 23.3 Å². The van der Waals surface area contributed by atoms with Gasteiger partial charge < -0.3 is 15.3 Å². The number of hydrogen-bond acceptors (Lipinski definition) is 8. The molecule has 0 radical (unpaired) electrons. The Morgan fingerprint density at radius 3 is 2.64 bits per heavy atom. The van der Waals surface area contributed by atoms with Crippen LogP contribution in [-0.4, -0.2) is 59.5 Å².